The van der Waals surface area contributed by atoms with Crippen molar-refractivity contribution >= 4 is 22.6 Å². The predicted octanol–water partition coefficient (Wildman–Crippen LogP) is 4.07. The van der Waals surface area contributed by atoms with E-state index in [0.717, 1.165) is 9.13 Å². The number of benzene rings is 2. The first-order valence-corrected chi connectivity index (χ1v) is 7.05. The van der Waals surface area contributed by atoms with Crippen LogP contribution in [0.5, 0.6) is 0 Å². The smallest absolute Gasteiger partial charge is 0.129 e. The van der Waals surface area contributed by atoms with E-state index in [9.17, 15) is 8.78 Å². The molecule has 0 saturated heterocycles. The van der Waals surface area contributed by atoms with Crippen molar-refractivity contribution in [3.63, 3.8) is 0 Å². The van der Waals surface area contributed by atoms with Gasteiger partial charge < -0.3 is 5.32 Å². The monoisotopic (exact) mass is 373 g/mol. The van der Waals surface area contributed by atoms with E-state index in [1.807, 2.05) is 24.3 Å². The van der Waals surface area contributed by atoms with Crippen LogP contribution in [0, 0.1) is 15.2 Å². The minimum atomic E-state index is -0.495. The molecule has 0 amide bonds. The maximum absolute atomic E-state index is 13.7. The molecule has 0 bridgehead atoms. The molecular formula is C15H14F2IN. The van der Waals surface area contributed by atoms with Crippen molar-refractivity contribution in [2.75, 3.05) is 7.05 Å². The van der Waals surface area contributed by atoms with Gasteiger partial charge in [-0.15, -0.1) is 0 Å². The van der Waals surface area contributed by atoms with Crippen molar-refractivity contribution in [2.24, 2.45) is 0 Å². The van der Waals surface area contributed by atoms with Crippen LogP contribution < -0.4 is 5.32 Å². The summed E-state index contributed by atoms with van der Waals surface area (Å²) in [5, 5.41) is 3.10. The normalized spacial score (nSPS) is 12.4. The zero-order valence-corrected chi connectivity index (χ0v) is 12.6. The lowest BCUT2D eigenvalue weighted by molar-refractivity contribution is 0.515. The Morgan fingerprint density at radius 3 is 2.16 bits per heavy atom. The van der Waals surface area contributed by atoms with Crippen LogP contribution in [0.25, 0.3) is 0 Å². The van der Waals surface area contributed by atoms with Crippen LogP contribution in [0.15, 0.2) is 42.5 Å². The number of likely N-dealkylation sites (N-methyl/N-ethyl adjacent to an activating group) is 1. The summed E-state index contributed by atoms with van der Waals surface area (Å²) in [5.74, 6) is -0.989. The molecule has 0 heterocycles. The van der Waals surface area contributed by atoms with Crippen molar-refractivity contribution < 1.29 is 8.78 Å². The van der Waals surface area contributed by atoms with E-state index in [1.165, 1.54) is 18.2 Å². The van der Waals surface area contributed by atoms with E-state index >= 15 is 0 Å². The average Bonchev–Trinajstić information content (AvgIpc) is 2.40. The second-order valence-electron chi connectivity index (χ2n) is 4.30. The van der Waals surface area contributed by atoms with Crippen molar-refractivity contribution in [3.8, 4) is 0 Å². The molecule has 0 aliphatic carbocycles. The van der Waals surface area contributed by atoms with E-state index in [4.69, 9.17) is 0 Å². The van der Waals surface area contributed by atoms with Crippen molar-refractivity contribution in [2.45, 2.75) is 12.5 Å². The van der Waals surface area contributed by atoms with Gasteiger partial charge in [0.05, 0.1) is 0 Å². The fourth-order valence-corrected chi connectivity index (χ4v) is 2.37. The van der Waals surface area contributed by atoms with E-state index in [2.05, 4.69) is 27.9 Å². The van der Waals surface area contributed by atoms with Crippen molar-refractivity contribution in [1.29, 1.82) is 0 Å². The Labute approximate surface area is 125 Å². The molecule has 4 heteroatoms. The molecule has 0 aromatic heterocycles. The largest absolute Gasteiger partial charge is 0.313 e. The van der Waals surface area contributed by atoms with Gasteiger partial charge in [0.15, 0.2) is 0 Å². The second kappa shape index (κ2) is 6.43. The van der Waals surface area contributed by atoms with Gasteiger partial charge in [-0.25, -0.2) is 8.78 Å². The first kappa shape index (κ1) is 14.4. The Bertz CT molecular complexity index is 534. The lowest BCUT2D eigenvalue weighted by Gasteiger charge is -2.17. The summed E-state index contributed by atoms with van der Waals surface area (Å²) in [7, 11) is 1.79. The van der Waals surface area contributed by atoms with Gasteiger partial charge in [0.2, 0.25) is 0 Å². The molecule has 0 spiro atoms. The molecular weight excluding hydrogens is 359 g/mol. The molecule has 1 atom stereocenters. The van der Waals surface area contributed by atoms with Gasteiger partial charge in [0, 0.05) is 15.2 Å². The Morgan fingerprint density at radius 1 is 1.05 bits per heavy atom. The van der Waals surface area contributed by atoms with Crippen LogP contribution in [0.4, 0.5) is 8.78 Å². The lowest BCUT2D eigenvalue weighted by atomic mass is 9.98. The van der Waals surface area contributed by atoms with E-state index in [1.54, 1.807) is 7.05 Å². The number of hydrogen-bond donors (Lipinski definition) is 1. The van der Waals surface area contributed by atoms with Crippen LogP contribution in [0.1, 0.15) is 17.2 Å². The third kappa shape index (κ3) is 3.51. The lowest BCUT2D eigenvalue weighted by Crippen LogP contribution is -2.20. The maximum atomic E-state index is 13.7. The highest BCUT2D eigenvalue weighted by Gasteiger charge is 2.15. The fourth-order valence-electron chi connectivity index (χ4n) is 2.01. The van der Waals surface area contributed by atoms with Gasteiger partial charge in [-0.05, 0) is 65.9 Å². The molecule has 1 N–H and O–H groups in total. The Hall–Kier alpha value is -1.01. The minimum absolute atomic E-state index is 0.108. The van der Waals surface area contributed by atoms with Gasteiger partial charge in [-0.2, -0.15) is 0 Å². The third-order valence-electron chi connectivity index (χ3n) is 3.09. The summed E-state index contributed by atoms with van der Waals surface area (Å²) in [6.45, 7) is 0. The van der Waals surface area contributed by atoms with Crippen LogP contribution in [-0.2, 0) is 6.42 Å². The van der Waals surface area contributed by atoms with Crippen LogP contribution >= 0.6 is 22.6 Å². The SMILES string of the molecule is CNC(Cc1c(F)cccc1F)c1ccc(I)cc1. The van der Waals surface area contributed by atoms with Gasteiger partial charge in [-0.1, -0.05) is 18.2 Å². The number of hydrogen-bond acceptors (Lipinski definition) is 1. The number of rotatable bonds is 4. The van der Waals surface area contributed by atoms with Crippen LogP contribution in [0.2, 0.25) is 0 Å². The molecule has 0 fully saturated rings. The van der Waals surface area contributed by atoms with Gasteiger partial charge >= 0.3 is 0 Å². The van der Waals surface area contributed by atoms with Gasteiger partial charge in [-0.3, -0.25) is 0 Å². The zero-order valence-electron chi connectivity index (χ0n) is 10.5. The molecule has 0 saturated carbocycles. The molecule has 2 rings (SSSR count). The zero-order chi connectivity index (χ0) is 13.8. The standard InChI is InChI=1S/C15H14F2IN/c1-19-15(10-5-7-11(18)8-6-10)9-12-13(16)3-2-4-14(12)17/h2-8,15,19H,9H2,1H3. The minimum Gasteiger partial charge on any atom is -0.313 e. The molecule has 0 aliphatic heterocycles. The van der Waals surface area contributed by atoms with Crippen molar-refractivity contribution in [1.82, 2.24) is 5.32 Å². The Kier molecular flexibility index (Phi) is 4.87. The summed E-state index contributed by atoms with van der Waals surface area (Å²) in [4.78, 5) is 0. The highest BCUT2D eigenvalue weighted by molar-refractivity contribution is 14.1. The topological polar surface area (TPSA) is 12.0 Å². The first-order valence-electron chi connectivity index (χ1n) is 5.97. The molecule has 1 unspecified atom stereocenters. The van der Waals surface area contributed by atoms with E-state index < -0.39 is 11.6 Å². The maximum Gasteiger partial charge on any atom is 0.129 e. The van der Waals surface area contributed by atoms with Gasteiger partial charge in [0.25, 0.3) is 0 Å². The summed E-state index contributed by atoms with van der Waals surface area (Å²) in [5.41, 5.74) is 1.14. The third-order valence-corrected chi connectivity index (χ3v) is 3.81. The number of nitrogens with one attached hydrogen (secondary N) is 1. The first-order chi connectivity index (χ1) is 9.11. The fraction of sp³-hybridized carbons (Fsp3) is 0.200. The Balaban J connectivity index is 2.26. The molecule has 1 nitrogen and oxygen atoms in total. The summed E-state index contributed by atoms with van der Waals surface area (Å²) >= 11 is 2.23. The molecule has 2 aromatic rings. The summed E-state index contributed by atoms with van der Waals surface area (Å²) in [6, 6.07) is 11.8. The van der Waals surface area contributed by atoms with E-state index in [-0.39, 0.29) is 18.0 Å². The van der Waals surface area contributed by atoms with Crippen molar-refractivity contribution in [3.05, 3.63) is 68.8 Å². The predicted molar refractivity (Wildman–Crippen MR) is 81.0 cm³/mol. The summed E-state index contributed by atoms with van der Waals surface area (Å²) in [6.07, 6.45) is 0.287. The van der Waals surface area contributed by atoms with Gasteiger partial charge in [0.1, 0.15) is 11.6 Å². The quantitative estimate of drug-likeness (QED) is 0.797. The highest BCUT2D eigenvalue weighted by atomic mass is 127. The second-order valence-corrected chi connectivity index (χ2v) is 5.54. The van der Waals surface area contributed by atoms with Crippen LogP contribution in [0.3, 0.4) is 0 Å². The van der Waals surface area contributed by atoms with Crippen LogP contribution in [-0.4, -0.2) is 7.05 Å². The summed E-state index contributed by atoms with van der Waals surface area (Å²) < 4.78 is 28.4. The molecule has 0 radical (unpaired) electrons. The Morgan fingerprint density at radius 2 is 1.63 bits per heavy atom. The number of halogens is 3. The molecule has 2 aromatic carbocycles. The molecule has 0 aliphatic rings. The highest BCUT2D eigenvalue weighted by Crippen LogP contribution is 2.22. The molecule has 19 heavy (non-hydrogen) atoms. The average molecular weight is 373 g/mol. The molecule has 100 valence electrons. The van der Waals surface area contributed by atoms with E-state index in [0.29, 0.717) is 0 Å².